The summed E-state index contributed by atoms with van der Waals surface area (Å²) >= 11 is 7.24. The Hall–Kier alpha value is -2.10. The van der Waals surface area contributed by atoms with Crippen LogP contribution in [-0.2, 0) is 16.1 Å². The van der Waals surface area contributed by atoms with Crippen molar-refractivity contribution in [3.63, 3.8) is 0 Å². The molecule has 3 amide bonds. The van der Waals surface area contributed by atoms with E-state index in [-0.39, 0.29) is 17.7 Å². The Bertz CT molecular complexity index is 811. The Kier molecular flexibility index (Phi) is 6.70. The molecular formula is C17H20ClN5O3S. The average molecular weight is 410 g/mol. The van der Waals surface area contributed by atoms with Crippen LogP contribution in [0.25, 0.3) is 11.4 Å². The number of urea groups is 1. The fourth-order valence-corrected chi connectivity index (χ4v) is 3.66. The van der Waals surface area contributed by atoms with Crippen LogP contribution in [0.5, 0.6) is 0 Å². The fraction of sp³-hybridized carbons (Fsp3) is 0.412. The van der Waals surface area contributed by atoms with Crippen molar-refractivity contribution in [2.75, 3.05) is 32.6 Å². The van der Waals surface area contributed by atoms with Crippen molar-refractivity contribution in [1.82, 2.24) is 25.0 Å². The molecule has 1 aliphatic heterocycles. The van der Waals surface area contributed by atoms with Gasteiger partial charge in [0.15, 0.2) is 11.0 Å². The number of imide groups is 1. The van der Waals surface area contributed by atoms with Gasteiger partial charge in [0.25, 0.3) is 0 Å². The molecule has 1 aliphatic rings. The average Bonchev–Trinajstić information content (AvgIpc) is 3.27. The van der Waals surface area contributed by atoms with E-state index < -0.39 is 0 Å². The number of halogens is 1. The third kappa shape index (κ3) is 4.79. The van der Waals surface area contributed by atoms with Gasteiger partial charge in [0.05, 0.1) is 5.75 Å². The molecule has 0 radical (unpaired) electrons. The molecule has 3 rings (SSSR count). The van der Waals surface area contributed by atoms with Crippen LogP contribution in [0.1, 0.15) is 6.42 Å². The molecule has 144 valence electrons. The number of benzene rings is 1. The first kappa shape index (κ1) is 19.7. The zero-order valence-electron chi connectivity index (χ0n) is 14.9. The van der Waals surface area contributed by atoms with Crippen LogP contribution in [0, 0.1) is 0 Å². The number of rotatable bonds is 8. The second-order valence-corrected chi connectivity index (χ2v) is 7.26. The van der Waals surface area contributed by atoms with Crippen LogP contribution >= 0.6 is 23.4 Å². The molecular weight excluding hydrogens is 390 g/mol. The van der Waals surface area contributed by atoms with Gasteiger partial charge >= 0.3 is 6.03 Å². The van der Waals surface area contributed by atoms with Crippen molar-refractivity contribution in [2.45, 2.75) is 18.1 Å². The smallest absolute Gasteiger partial charge is 0.324 e. The summed E-state index contributed by atoms with van der Waals surface area (Å²) in [5.74, 6) is 0.585. The van der Waals surface area contributed by atoms with Crippen LogP contribution in [0.15, 0.2) is 29.4 Å². The monoisotopic (exact) mass is 409 g/mol. The molecule has 0 aliphatic carbocycles. The molecule has 0 saturated carbocycles. The minimum atomic E-state index is -0.344. The van der Waals surface area contributed by atoms with Crippen molar-refractivity contribution >= 4 is 35.3 Å². The summed E-state index contributed by atoms with van der Waals surface area (Å²) in [7, 11) is 1.65. The molecule has 1 N–H and O–H groups in total. The molecule has 2 aromatic rings. The summed E-state index contributed by atoms with van der Waals surface area (Å²) in [4.78, 5) is 25.1. The van der Waals surface area contributed by atoms with Gasteiger partial charge in [0, 0.05) is 43.9 Å². The number of aromatic nitrogens is 3. The predicted octanol–water partition coefficient (Wildman–Crippen LogP) is 2.28. The predicted molar refractivity (Wildman–Crippen MR) is 103 cm³/mol. The number of methoxy groups -OCH3 is 1. The lowest BCUT2D eigenvalue weighted by molar-refractivity contribution is -0.124. The minimum Gasteiger partial charge on any atom is -0.385 e. The second kappa shape index (κ2) is 9.20. The zero-order valence-corrected chi connectivity index (χ0v) is 16.4. The molecule has 0 bridgehead atoms. The SMILES string of the molecule is COCCCn1c(SCC(=O)N2CCNC2=O)nnc1-c1ccc(Cl)cc1. The number of ether oxygens (including phenoxy) is 1. The molecule has 8 nitrogen and oxygen atoms in total. The zero-order chi connectivity index (χ0) is 19.2. The Morgan fingerprint density at radius 2 is 2.11 bits per heavy atom. The highest BCUT2D eigenvalue weighted by Crippen LogP contribution is 2.26. The highest BCUT2D eigenvalue weighted by Gasteiger charge is 2.26. The van der Waals surface area contributed by atoms with E-state index in [1.54, 1.807) is 19.2 Å². The summed E-state index contributed by atoms with van der Waals surface area (Å²) < 4.78 is 7.10. The number of nitrogens with zero attached hydrogens (tertiary/aromatic N) is 4. The standard InChI is InChI=1S/C17H20ClN5O3S/c1-26-10-2-8-23-15(12-3-5-13(18)6-4-12)20-21-17(23)27-11-14(24)22-9-7-19-16(22)25/h3-6H,2,7-11H2,1H3,(H,19,25). The third-order valence-electron chi connectivity index (χ3n) is 4.03. The highest BCUT2D eigenvalue weighted by molar-refractivity contribution is 7.99. The van der Waals surface area contributed by atoms with Gasteiger partial charge in [-0.25, -0.2) is 4.79 Å². The molecule has 0 atom stereocenters. The van der Waals surface area contributed by atoms with E-state index in [2.05, 4.69) is 15.5 Å². The normalized spacial score (nSPS) is 13.9. The first-order chi connectivity index (χ1) is 13.1. The summed E-state index contributed by atoms with van der Waals surface area (Å²) in [5.41, 5.74) is 0.890. The van der Waals surface area contributed by atoms with Crippen molar-refractivity contribution in [3.8, 4) is 11.4 Å². The van der Waals surface area contributed by atoms with Gasteiger partial charge in [0.1, 0.15) is 0 Å². The van der Waals surface area contributed by atoms with Gasteiger partial charge in [-0.3, -0.25) is 9.69 Å². The largest absolute Gasteiger partial charge is 0.385 e. The van der Waals surface area contributed by atoms with E-state index in [0.717, 1.165) is 12.0 Å². The van der Waals surface area contributed by atoms with Crippen LogP contribution in [0.2, 0.25) is 5.02 Å². The quantitative estimate of drug-likeness (QED) is 0.531. The Labute approximate surface area is 166 Å². The molecule has 1 fully saturated rings. The van der Waals surface area contributed by atoms with Crippen molar-refractivity contribution in [3.05, 3.63) is 29.3 Å². The van der Waals surface area contributed by atoms with Gasteiger partial charge in [-0.2, -0.15) is 0 Å². The number of carbonyl (C=O) groups is 2. The summed E-state index contributed by atoms with van der Waals surface area (Å²) in [6.45, 7) is 2.15. The minimum absolute atomic E-state index is 0.121. The molecule has 27 heavy (non-hydrogen) atoms. The van der Waals surface area contributed by atoms with E-state index >= 15 is 0 Å². The third-order valence-corrected chi connectivity index (χ3v) is 5.24. The lowest BCUT2D eigenvalue weighted by atomic mass is 10.2. The molecule has 0 spiro atoms. The van der Waals surface area contributed by atoms with Crippen LogP contribution in [-0.4, -0.2) is 64.2 Å². The van der Waals surface area contributed by atoms with Crippen LogP contribution < -0.4 is 5.32 Å². The lowest BCUT2D eigenvalue weighted by Crippen LogP contribution is -2.35. The molecule has 2 heterocycles. The summed E-state index contributed by atoms with van der Waals surface area (Å²) in [6, 6.07) is 7.02. The molecule has 1 aromatic carbocycles. The Morgan fingerprint density at radius 3 is 2.78 bits per heavy atom. The number of nitrogens with one attached hydrogen (secondary N) is 1. The maximum Gasteiger partial charge on any atom is 0.324 e. The lowest BCUT2D eigenvalue weighted by Gasteiger charge is -2.13. The van der Waals surface area contributed by atoms with Crippen LogP contribution in [0.3, 0.4) is 0 Å². The summed E-state index contributed by atoms with van der Waals surface area (Å²) in [5, 5.41) is 12.4. The molecule has 10 heteroatoms. The van der Waals surface area contributed by atoms with E-state index in [1.165, 1.54) is 16.7 Å². The summed E-state index contributed by atoms with van der Waals surface area (Å²) in [6.07, 6.45) is 0.783. The van der Waals surface area contributed by atoms with Gasteiger partial charge in [-0.05, 0) is 30.7 Å². The Balaban J connectivity index is 1.76. The second-order valence-electron chi connectivity index (χ2n) is 5.88. The number of hydrogen-bond donors (Lipinski definition) is 1. The van der Waals surface area contributed by atoms with Crippen LogP contribution in [0.4, 0.5) is 4.79 Å². The number of hydrogen-bond acceptors (Lipinski definition) is 6. The van der Waals surface area contributed by atoms with Gasteiger partial charge in [0.2, 0.25) is 5.91 Å². The molecule has 1 aromatic heterocycles. The van der Waals surface area contributed by atoms with Gasteiger partial charge < -0.3 is 14.6 Å². The van der Waals surface area contributed by atoms with E-state index in [4.69, 9.17) is 16.3 Å². The maximum atomic E-state index is 12.3. The topological polar surface area (TPSA) is 89.4 Å². The Morgan fingerprint density at radius 1 is 1.33 bits per heavy atom. The highest BCUT2D eigenvalue weighted by atomic mass is 35.5. The van der Waals surface area contributed by atoms with Gasteiger partial charge in [-0.15, -0.1) is 10.2 Å². The van der Waals surface area contributed by atoms with Crippen molar-refractivity contribution < 1.29 is 14.3 Å². The first-order valence-electron chi connectivity index (χ1n) is 8.49. The molecule has 0 unspecified atom stereocenters. The van der Waals surface area contributed by atoms with E-state index in [9.17, 15) is 9.59 Å². The van der Waals surface area contributed by atoms with E-state index in [1.807, 2.05) is 16.7 Å². The van der Waals surface area contributed by atoms with Crippen molar-refractivity contribution in [1.29, 1.82) is 0 Å². The number of amides is 3. The number of carbonyl (C=O) groups excluding carboxylic acids is 2. The van der Waals surface area contributed by atoms with Crippen molar-refractivity contribution in [2.24, 2.45) is 0 Å². The van der Waals surface area contributed by atoms with Gasteiger partial charge in [-0.1, -0.05) is 23.4 Å². The first-order valence-corrected chi connectivity index (χ1v) is 9.85. The fourth-order valence-electron chi connectivity index (χ4n) is 2.69. The molecule has 1 saturated heterocycles. The maximum absolute atomic E-state index is 12.3. The number of thioether (sulfide) groups is 1. The van der Waals surface area contributed by atoms with E-state index in [0.29, 0.717) is 42.2 Å².